The molecule has 0 saturated carbocycles. The molecule has 0 spiro atoms. The lowest BCUT2D eigenvalue weighted by Gasteiger charge is -2.06. The van der Waals surface area contributed by atoms with E-state index in [4.69, 9.17) is 10.00 Å². The van der Waals surface area contributed by atoms with Crippen LogP contribution in [0.15, 0.2) is 18.2 Å². The minimum absolute atomic E-state index is 0.122. The van der Waals surface area contributed by atoms with Crippen molar-refractivity contribution in [1.82, 2.24) is 5.32 Å². The summed E-state index contributed by atoms with van der Waals surface area (Å²) in [6, 6.07) is 5.33. The molecular weight excluding hydrogens is 254 g/mol. The lowest BCUT2D eigenvalue weighted by Crippen LogP contribution is -2.29. The summed E-state index contributed by atoms with van der Waals surface area (Å²) in [5, 5.41) is 21.2. The fraction of sp³-hybridized carbons (Fsp3) is 0.182. The Kier molecular flexibility index (Phi) is 4.98. The smallest absolute Gasteiger partial charge is 0.311 e. The molecule has 0 aromatic heterocycles. The van der Waals surface area contributed by atoms with Crippen LogP contribution in [0.4, 0.5) is 5.69 Å². The number of aldehydes is 1. The van der Waals surface area contributed by atoms with E-state index in [1.165, 1.54) is 12.1 Å². The van der Waals surface area contributed by atoms with Crippen molar-refractivity contribution in [3.05, 3.63) is 33.9 Å². The highest BCUT2D eigenvalue weighted by atomic mass is 16.6. The average Bonchev–Trinajstić information content (AvgIpc) is 2.42. The van der Waals surface area contributed by atoms with Crippen molar-refractivity contribution in [3.63, 3.8) is 0 Å². The molecule has 0 unspecified atom stereocenters. The molecule has 1 N–H and O–H groups in total. The van der Waals surface area contributed by atoms with Gasteiger partial charge in [0.05, 0.1) is 11.0 Å². The summed E-state index contributed by atoms with van der Waals surface area (Å²) in [6.07, 6.45) is 0.469. The van der Waals surface area contributed by atoms with Gasteiger partial charge < -0.3 is 10.1 Å². The molecule has 0 aliphatic carbocycles. The fourth-order valence-electron chi connectivity index (χ4n) is 1.20. The van der Waals surface area contributed by atoms with E-state index in [1.807, 2.05) is 0 Å². The first kappa shape index (κ1) is 14.1. The lowest BCUT2D eigenvalue weighted by molar-refractivity contribution is -0.385. The second-order valence-corrected chi connectivity index (χ2v) is 3.33. The van der Waals surface area contributed by atoms with Gasteiger partial charge in [0.25, 0.3) is 5.91 Å². The van der Waals surface area contributed by atoms with Gasteiger partial charge in [0, 0.05) is 11.6 Å². The Morgan fingerprint density at radius 3 is 2.89 bits per heavy atom. The van der Waals surface area contributed by atoms with Crippen LogP contribution in [0, 0.1) is 21.4 Å². The first-order chi connectivity index (χ1) is 9.08. The summed E-state index contributed by atoms with van der Waals surface area (Å²) >= 11 is 0. The highest BCUT2D eigenvalue weighted by Crippen LogP contribution is 2.27. The highest BCUT2D eigenvalue weighted by molar-refractivity contribution is 5.79. The van der Waals surface area contributed by atoms with Crippen LogP contribution in [0.1, 0.15) is 10.4 Å². The molecule has 98 valence electrons. The van der Waals surface area contributed by atoms with Crippen LogP contribution >= 0.6 is 0 Å². The normalized spacial score (nSPS) is 9.21. The molecule has 0 radical (unpaired) electrons. The second-order valence-electron chi connectivity index (χ2n) is 3.33. The SMILES string of the molecule is N#CCNC(=O)COc1ccc(C=O)cc1[N+](=O)[O-]. The van der Waals surface area contributed by atoms with E-state index < -0.39 is 23.1 Å². The zero-order valence-corrected chi connectivity index (χ0v) is 9.66. The number of rotatable bonds is 6. The number of ether oxygens (including phenoxy) is 1. The molecule has 0 aliphatic heterocycles. The first-order valence-corrected chi connectivity index (χ1v) is 5.08. The third kappa shape index (κ3) is 4.08. The molecule has 0 heterocycles. The molecule has 0 fully saturated rings. The van der Waals surface area contributed by atoms with Crippen LogP contribution in [0.5, 0.6) is 5.75 Å². The molecule has 1 aromatic carbocycles. The third-order valence-electron chi connectivity index (χ3n) is 2.04. The van der Waals surface area contributed by atoms with E-state index in [0.29, 0.717) is 6.29 Å². The number of nitrogens with one attached hydrogen (secondary N) is 1. The van der Waals surface area contributed by atoms with Gasteiger partial charge in [0.15, 0.2) is 12.4 Å². The summed E-state index contributed by atoms with van der Waals surface area (Å²) in [5.41, 5.74) is -0.273. The van der Waals surface area contributed by atoms with Gasteiger partial charge in [-0.25, -0.2) is 0 Å². The molecule has 0 bridgehead atoms. The van der Waals surface area contributed by atoms with Crippen molar-refractivity contribution >= 4 is 17.9 Å². The van der Waals surface area contributed by atoms with Gasteiger partial charge in [-0.2, -0.15) is 5.26 Å². The van der Waals surface area contributed by atoms with Crippen molar-refractivity contribution in [1.29, 1.82) is 5.26 Å². The molecule has 0 aliphatic rings. The van der Waals surface area contributed by atoms with Crippen LogP contribution in [-0.4, -0.2) is 30.3 Å². The number of carbonyl (C=O) groups excluding carboxylic acids is 2. The number of nitro groups is 1. The van der Waals surface area contributed by atoms with Crippen LogP contribution in [0.2, 0.25) is 0 Å². The van der Waals surface area contributed by atoms with E-state index in [9.17, 15) is 19.7 Å². The highest BCUT2D eigenvalue weighted by Gasteiger charge is 2.16. The molecule has 8 heteroatoms. The molecular formula is C11H9N3O5. The summed E-state index contributed by atoms with van der Waals surface area (Å²) in [5.74, 6) is -0.696. The number of hydrogen-bond donors (Lipinski definition) is 1. The van der Waals surface area contributed by atoms with Crippen LogP contribution < -0.4 is 10.1 Å². The van der Waals surface area contributed by atoms with Crippen molar-refractivity contribution in [2.75, 3.05) is 13.2 Å². The standard InChI is InChI=1S/C11H9N3O5/c12-3-4-13-11(16)7-19-10-2-1-8(6-15)5-9(10)14(17)18/h1-2,5-6H,4,7H2,(H,13,16). The van der Waals surface area contributed by atoms with E-state index in [0.717, 1.165) is 6.07 Å². The number of benzene rings is 1. The number of nitro benzene ring substituents is 1. The molecule has 19 heavy (non-hydrogen) atoms. The van der Waals surface area contributed by atoms with Gasteiger partial charge in [0.2, 0.25) is 0 Å². The second kappa shape index (κ2) is 6.70. The Bertz CT molecular complexity index is 550. The number of amides is 1. The number of carbonyl (C=O) groups is 2. The van der Waals surface area contributed by atoms with Gasteiger partial charge in [-0.1, -0.05) is 0 Å². The van der Waals surface area contributed by atoms with E-state index in [1.54, 1.807) is 6.07 Å². The Morgan fingerprint density at radius 2 is 2.32 bits per heavy atom. The number of nitrogens with zero attached hydrogens (tertiary/aromatic N) is 2. The van der Waals surface area contributed by atoms with Gasteiger partial charge >= 0.3 is 5.69 Å². The molecule has 8 nitrogen and oxygen atoms in total. The Balaban J connectivity index is 2.78. The van der Waals surface area contributed by atoms with Crippen molar-refractivity contribution in [2.45, 2.75) is 0 Å². The van der Waals surface area contributed by atoms with Crippen molar-refractivity contribution in [3.8, 4) is 11.8 Å². The average molecular weight is 263 g/mol. The van der Waals surface area contributed by atoms with E-state index >= 15 is 0 Å². The summed E-state index contributed by atoms with van der Waals surface area (Å²) in [7, 11) is 0. The van der Waals surface area contributed by atoms with Crippen molar-refractivity contribution in [2.24, 2.45) is 0 Å². The lowest BCUT2D eigenvalue weighted by atomic mass is 10.2. The quantitative estimate of drug-likeness (QED) is 0.343. The zero-order chi connectivity index (χ0) is 14.3. The van der Waals surface area contributed by atoms with E-state index in [2.05, 4.69) is 5.32 Å². The van der Waals surface area contributed by atoms with Crippen molar-refractivity contribution < 1.29 is 19.2 Å². The predicted molar refractivity (Wildman–Crippen MR) is 62.6 cm³/mol. The van der Waals surface area contributed by atoms with E-state index in [-0.39, 0.29) is 17.9 Å². The monoisotopic (exact) mass is 263 g/mol. The Labute approximate surface area is 107 Å². The van der Waals surface area contributed by atoms with Crippen LogP contribution in [-0.2, 0) is 4.79 Å². The third-order valence-corrected chi connectivity index (χ3v) is 2.04. The zero-order valence-electron chi connectivity index (χ0n) is 9.66. The van der Waals surface area contributed by atoms with Gasteiger partial charge in [-0.05, 0) is 12.1 Å². The molecule has 0 saturated heterocycles. The minimum Gasteiger partial charge on any atom is -0.477 e. The summed E-state index contributed by atoms with van der Waals surface area (Å²) in [6.45, 7) is -0.628. The molecule has 0 atom stereocenters. The number of hydrogen-bond acceptors (Lipinski definition) is 6. The number of nitriles is 1. The Hall–Kier alpha value is -2.95. The molecule has 1 rings (SSSR count). The van der Waals surface area contributed by atoms with Crippen LogP contribution in [0.25, 0.3) is 0 Å². The summed E-state index contributed by atoms with van der Waals surface area (Å²) in [4.78, 5) is 31.7. The van der Waals surface area contributed by atoms with Gasteiger partial charge in [-0.3, -0.25) is 19.7 Å². The molecule has 1 amide bonds. The van der Waals surface area contributed by atoms with Gasteiger partial charge in [-0.15, -0.1) is 0 Å². The maximum absolute atomic E-state index is 11.2. The minimum atomic E-state index is -0.713. The van der Waals surface area contributed by atoms with Crippen LogP contribution in [0.3, 0.4) is 0 Å². The molecule has 1 aromatic rings. The summed E-state index contributed by atoms with van der Waals surface area (Å²) < 4.78 is 4.98. The predicted octanol–water partition coefficient (Wildman–Crippen LogP) is 0.426. The maximum Gasteiger partial charge on any atom is 0.311 e. The Morgan fingerprint density at radius 1 is 1.58 bits per heavy atom. The fourth-order valence-corrected chi connectivity index (χ4v) is 1.20. The maximum atomic E-state index is 11.2. The first-order valence-electron chi connectivity index (χ1n) is 5.08. The van der Waals surface area contributed by atoms with Gasteiger partial charge in [0.1, 0.15) is 12.8 Å². The topological polar surface area (TPSA) is 122 Å². The largest absolute Gasteiger partial charge is 0.477 e.